The molecule has 1 aromatic carbocycles. The van der Waals surface area contributed by atoms with Crippen molar-refractivity contribution >= 4 is 17.0 Å². The van der Waals surface area contributed by atoms with Crippen LogP contribution < -0.4 is 0 Å². The predicted molar refractivity (Wildman–Crippen MR) is 58.5 cm³/mol. The van der Waals surface area contributed by atoms with Crippen LogP contribution in [0.5, 0.6) is 5.75 Å². The van der Waals surface area contributed by atoms with Crippen molar-refractivity contribution in [3.05, 3.63) is 23.5 Å². The molecule has 0 bridgehead atoms. The van der Waals surface area contributed by atoms with Crippen LogP contribution in [-0.4, -0.2) is 25.7 Å². The molecule has 2 aromatic rings. The van der Waals surface area contributed by atoms with Gasteiger partial charge in [-0.2, -0.15) is 0 Å². The van der Waals surface area contributed by atoms with Crippen molar-refractivity contribution in [3.8, 4) is 5.75 Å². The number of nitrogens with zero attached hydrogens (tertiary/aromatic N) is 2. The van der Waals surface area contributed by atoms with E-state index < -0.39 is 5.97 Å². The van der Waals surface area contributed by atoms with E-state index in [0.717, 1.165) is 11.1 Å². The van der Waals surface area contributed by atoms with Crippen LogP contribution in [0.1, 0.15) is 11.1 Å². The number of aryl methyl sites for hydroxylation is 2. The molecule has 5 heteroatoms. The predicted octanol–water partition coefficient (Wildman–Crippen LogP) is 1.44. The number of carbonyl (C=O) groups is 1. The molecule has 0 unspecified atom stereocenters. The van der Waals surface area contributed by atoms with Gasteiger partial charge in [-0.1, -0.05) is 0 Å². The number of imidazole rings is 1. The molecule has 0 fully saturated rings. The summed E-state index contributed by atoms with van der Waals surface area (Å²) in [5.41, 5.74) is 2.77. The van der Waals surface area contributed by atoms with Crippen LogP contribution in [0.4, 0.5) is 0 Å². The monoisotopic (exact) mass is 220 g/mol. The molecule has 0 aliphatic rings. The minimum atomic E-state index is -0.914. The van der Waals surface area contributed by atoms with Crippen molar-refractivity contribution in [2.24, 2.45) is 0 Å². The average molecular weight is 220 g/mol. The number of aromatic hydroxyl groups is 1. The summed E-state index contributed by atoms with van der Waals surface area (Å²) in [4.78, 5) is 14.8. The molecule has 84 valence electrons. The number of phenols is 1. The molecular weight excluding hydrogens is 208 g/mol. The summed E-state index contributed by atoms with van der Waals surface area (Å²) in [6.45, 7) is 3.42. The minimum Gasteiger partial charge on any atom is -0.507 e. The second kappa shape index (κ2) is 3.52. The zero-order chi connectivity index (χ0) is 11.9. The molecule has 2 N–H and O–H groups in total. The topological polar surface area (TPSA) is 75.4 Å². The Balaban J connectivity index is 2.69. The maximum atomic E-state index is 10.6. The Labute approximate surface area is 92.0 Å². The molecule has 0 atom stereocenters. The Morgan fingerprint density at radius 3 is 2.81 bits per heavy atom. The van der Waals surface area contributed by atoms with E-state index in [2.05, 4.69) is 4.98 Å². The largest absolute Gasteiger partial charge is 0.507 e. The van der Waals surface area contributed by atoms with Gasteiger partial charge in [0, 0.05) is 5.56 Å². The lowest BCUT2D eigenvalue weighted by Gasteiger charge is -2.05. The zero-order valence-corrected chi connectivity index (χ0v) is 9.06. The number of fused-ring (bicyclic) bond motifs is 1. The molecule has 0 radical (unpaired) electrons. The number of carboxylic acids is 1. The van der Waals surface area contributed by atoms with Gasteiger partial charge in [-0.05, 0) is 25.5 Å². The molecule has 1 heterocycles. The molecule has 5 nitrogen and oxygen atoms in total. The van der Waals surface area contributed by atoms with E-state index in [1.165, 1.54) is 6.33 Å². The third-order valence-electron chi connectivity index (χ3n) is 2.62. The molecule has 16 heavy (non-hydrogen) atoms. The Kier molecular flexibility index (Phi) is 2.30. The van der Waals surface area contributed by atoms with E-state index in [1.807, 2.05) is 0 Å². The van der Waals surface area contributed by atoms with E-state index in [0.29, 0.717) is 11.1 Å². The van der Waals surface area contributed by atoms with Crippen molar-refractivity contribution < 1.29 is 15.0 Å². The zero-order valence-electron chi connectivity index (χ0n) is 9.06. The highest BCUT2D eigenvalue weighted by atomic mass is 16.4. The number of benzene rings is 1. The molecular formula is C11H12N2O3. The maximum absolute atomic E-state index is 10.6. The van der Waals surface area contributed by atoms with Crippen molar-refractivity contribution in [1.82, 2.24) is 9.55 Å². The van der Waals surface area contributed by atoms with Gasteiger partial charge in [0.1, 0.15) is 12.3 Å². The lowest BCUT2D eigenvalue weighted by Crippen LogP contribution is -2.07. The lowest BCUT2D eigenvalue weighted by molar-refractivity contribution is -0.137. The molecule has 2 rings (SSSR count). The molecule has 0 amide bonds. The normalized spacial score (nSPS) is 10.9. The quantitative estimate of drug-likeness (QED) is 0.803. The molecule has 0 aliphatic carbocycles. The number of aromatic nitrogens is 2. The highest BCUT2D eigenvalue weighted by Crippen LogP contribution is 2.28. The number of carboxylic acid groups (broad SMARTS) is 1. The summed E-state index contributed by atoms with van der Waals surface area (Å²) in [6.07, 6.45) is 1.48. The molecule has 0 saturated carbocycles. The second-order valence-electron chi connectivity index (χ2n) is 3.80. The highest BCUT2D eigenvalue weighted by molar-refractivity contribution is 5.83. The van der Waals surface area contributed by atoms with Crippen molar-refractivity contribution in [2.45, 2.75) is 20.4 Å². The fourth-order valence-corrected chi connectivity index (χ4v) is 1.79. The van der Waals surface area contributed by atoms with Gasteiger partial charge in [-0.25, -0.2) is 4.98 Å². The summed E-state index contributed by atoms with van der Waals surface area (Å²) in [7, 11) is 0. The van der Waals surface area contributed by atoms with Crippen LogP contribution in [0.2, 0.25) is 0 Å². The first-order valence-corrected chi connectivity index (χ1v) is 4.86. The summed E-state index contributed by atoms with van der Waals surface area (Å²) in [5, 5.41) is 18.5. The fourth-order valence-electron chi connectivity index (χ4n) is 1.79. The van der Waals surface area contributed by atoms with Crippen molar-refractivity contribution in [1.29, 1.82) is 0 Å². The number of hydrogen-bond acceptors (Lipinski definition) is 3. The van der Waals surface area contributed by atoms with Gasteiger partial charge >= 0.3 is 5.97 Å². The molecule has 1 aromatic heterocycles. The number of hydrogen-bond donors (Lipinski definition) is 2. The van der Waals surface area contributed by atoms with Crippen molar-refractivity contribution in [3.63, 3.8) is 0 Å². The SMILES string of the molecule is Cc1cc2c(ncn2CC(=O)O)c(C)c1O. The summed E-state index contributed by atoms with van der Waals surface area (Å²) in [6, 6.07) is 1.74. The van der Waals surface area contributed by atoms with E-state index in [1.54, 1.807) is 24.5 Å². The Morgan fingerprint density at radius 1 is 1.50 bits per heavy atom. The lowest BCUT2D eigenvalue weighted by atomic mass is 10.1. The van der Waals surface area contributed by atoms with Crippen molar-refractivity contribution in [2.75, 3.05) is 0 Å². The van der Waals surface area contributed by atoms with E-state index in [-0.39, 0.29) is 12.3 Å². The third kappa shape index (κ3) is 1.50. The minimum absolute atomic E-state index is 0.125. The van der Waals surface area contributed by atoms with Crippen LogP contribution in [0.3, 0.4) is 0 Å². The first-order valence-electron chi connectivity index (χ1n) is 4.86. The van der Waals surface area contributed by atoms with Crippen LogP contribution in [0, 0.1) is 13.8 Å². The first-order chi connectivity index (χ1) is 7.50. The van der Waals surface area contributed by atoms with Gasteiger partial charge in [0.05, 0.1) is 17.4 Å². The Morgan fingerprint density at radius 2 is 2.19 bits per heavy atom. The molecule has 0 saturated heterocycles. The van der Waals surface area contributed by atoms with E-state index in [9.17, 15) is 9.90 Å². The summed E-state index contributed by atoms with van der Waals surface area (Å²) in [5.74, 6) is -0.698. The summed E-state index contributed by atoms with van der Waals surface area (Å²) < 4.78 is 1.55. The number of rotatable bonds is 2. The standard InChI is InChI=1S/C11H12N2O3/c1-6-3-8-10(7(2)11(6)16)12-5-13(8)4-9(14)15/h3,5,16H,4H2,1-2H3,(H,14,15). The highest BCUT2D eigenvalue weighted by Gasteiger charge is 2.12. The Hall–Kier alpha value is -2.04. The van der Waals surface area contributed by atoms with Gasteiger partial charge in [0.15, 0.2) is 0 Å². The van der Waals surface area contributed by atoms with Crippen LogP contribution in [-0.2, 0) is 11.3 Å². The van der Waals surface area contributed by atoms with Crippen LogP contribution >= 0.6 is 0 Å². The smallest absolute Gasteiger partial charge is 0.323 e. The molecule has 0 aliphatic heterocycles. The summed E-state index contributed by atoms with van der Waals surface area (Å²) >= 11 is 0. The van der Waals surface area contributed by atoms with E-state index >= 15 is 0 Å². The third-order valence-corrected chi connectivity index (χ3v) is 2.62. The average Bonchev–Trinajstić information content (AvgIpc) is 2.58. The fraction of sp³-hybridized carbons (Fsp3) is 0.273. The first kappa shape index (κ1) is 10.5. The van der Waals surface area contributed by atoms with Gasteiger partial charge in [0.25, 0.3) is 0 Å². The Bertz CT molecular complexity index is 572. The van der Waals surface area contributed by atoms with Gasteiger partial charge in [-0.3, -0.25) is 4.79 Å². The van der Waals surface area contributed by atoms with Gasteiger partial charge in [-0.15, -0.1) is 0 Å². The van der Waals surface area contributed by atoms with Crippen LogP contribution in [0.15, 0.2) is 12.4 Å². The maximum Gasteiger partial charge on any atom is 0.323 e. The number of phenolic OH excluding ortho intramolecular Hbond substituents is 1. The second-order valence-corrected chi connectivity index (χ2v) is 3.80. The number of aliphatic carboxylic acids is 1. The molecule has 0 spiro atoms. The van der Waals surface area contributed by atoms with Gasteiger partial charge < -0.3 is 14.8 Å². The van der Waals surface area contributed by atoms with Gasteiger partial charge in [0.2, 0.25) is 0 Å². The van der Waals surface area contributed by atoms with Crippen LogP contribution in [0.25, 0.3) is 11.0 Å². The van der Waals surface area contributed by atoms with E-state index in [4.69, 9.17) is 5.11 Å².